The molecule has 0 saturated heterocycles. The Morgan fingerprint density at radius 3 is 2.54 bits per heavy atom. The maximum atomic E-state index is 13.2. The molecule has 138 valence electrons. The quantitative estimate of drug-likeness (QED) is 0.759. The Morgan fingerprint density at radius 1 is 1.19 bits per heavy atom. The lowest BCUT2D eigenvalue weighted by atomic mass is 9.92. The van der Waals surface area contributed by atoms with Gasteiger partial charge in [-0.2, -0.15) is 0 Å². The van der Waals surface area contributed by atoms with E-state index in [0.717, 1.165) is 11.9 Å². The predicted molar refractivity (Wildman–Crippen MR) is 101 cm³/mol. The number of carbonyl (C=O) groups excluding carboxylic acids is 1. The maximum absolute atomic E-state index is 13.2. The predicted octanol–water partition coefficient (Wildman–Crippen LogP) is 4.27. The molecule has 26 heavy (non-hydrogen) atoms. The van der Waals surface area contributed by atoms with Crippen molar-refractivity contribution in [2.24, 2.45) is 5.41 Å². The summed E-state index contributed by atoms with van der Waals surface area (Å²) in [6, 6.07) is 6.51. The molecule has 0 spiro atoms. The van der Waals surface area contributed by atoms with Gasteiger partial charge in [-0.3, -0.25) is 10.1 Å². The second-order valence-corrected chi connectivity index (χ2v) is 7.19. The average Bonchev–Trinajstić information content (AvgIpc) is 2.83. The molecule has 3 aromatic heterocycles. The number of rotatable bonds is 3. The number of halogens is 1. The molecule has 0 aliphatic rings. The van der Waals surface area contributed by atoms with Crippen molar-refractivity contribution in [1.82, 2.24) is 19.5 Å². The van der Waals surface area contributed by atoms with Gasteiger partial charge in [-0.05, 0) is 36.6 Å². The number of aromatic nitrogens is 4. The summed E-state index contributed by atoms with van der Waals surface area (Å²) >= 11 is 0. The highest BCUT2D eigenvalue weighted by atomic mass is 19.1. The molecular weight excluding hydrogens is 333 g/mol. The highest BCUT2D eigenvalue weighted by Crippen LogP contribution is 2.24. The summed E-state index contributed by atoms with van der Waals surface area (Å²) in [6.45, 7) is 7.83. The first-order valence-electron chi connectivity index (χ1n) is 8.01. The number of nitrogens with one attached hydrogen (secondary N) is 1. The Kier molecular flexibility index (Phi) is 5.39. The van der Waals surface area contributed by atoms with Crippen LogP contribution in [0.15, 0.2) is 30.5 Å². The number of hydrogen-bond acceptors (Lipinski definition) is 4. The molecule has 0 unspecified atom stereocenters. The standard InChI is InChI=1S/C18H20FN5O.CH4/c1-11-5-7-13-16(21-11)24(14-8-6-12(19)10-20-14)17(22-13)23-15(25)9-18(2,3)4;/h5-8,10H,9H2,1-4H3,(H,22,23,25);1H4. The summed E-state index contributed by atoms with van der Waals surface area (Å²) < 4.78 is 14.9. The third-order valence-corrected chi connectivity index (χ3v) is 3.53. The van der Waals surface area contributed by atoms with Crippen molar-refractivity contribution in [2.75, 3.05) is 5.32 Å². The minimum atomic E-state index is -0.435. The Bertz CT molecular complexity index is 925. The minimum Gasteiger partial charge on any atom is -0.296 e. The second kappa shape index (κ2) is 7.19. The molecule has 0 aromatic carbocycles. The fourth-order valence-corrected chi connectivity index (χ4v) is 2.50. The van der Waals surface area contributed by atoms with Crippen LogP contribution in [0.1, 0.15) is 40.3 Å². The van der Waals surface area contributed by atoms with E-state index in [1.54, 1.807) is 4.57 Å². The number of hydrogen-bond donors (Lipinski definition) is 1. The minimum absolute atomic E-state index is 0. The number of carbonyl (C=O) groups is 1. The average molecular weight is 357 g/mol. The molecule has 6 nitrogen and oxygen atoms in total. The number of aryl methyl sites for hydroxylation is 1. The van der Waals surface area contributed by atoms with Gasteiger partial charge in [0.1, 0.15) is 17.2 Å². The monoisotopic (exact) mass is 357 g/mol. The van der Waals surface area contributed by atoms with Gasteiger partial charge in [-0.25, -0.2) is 23.9 Å². The van der Waals surface area contributed by atoms with E-state index in [-0.39, 0.29) is 18.7 Å². The van der Waals surface area contributed by atoms with Crippen LogP contribution in [0.4, 0.5) is 10.3 Å². The molecule has 0 aliphatic carbocycles. The maximum Gasteiger partial charge on any atom is 0.227 e. The van der Waals surface area contributed by atoms with Crippen molar-refractivity contribution >= 4 is 23.0 Å². The van der Waals surface area contributed by atoms with E-state index in [1.807, 2.05) is 39.8 Å². The van der Waals surface area contributed by atoms with Crippen LogP contribution in [0.2, 0.25) is 0 Å². The number of pyridine rings is 2. The van der Waals surface area contributed by atoms with Gasteiger partial charge in [-0.1, -0.05) is 28.2 Å². The van der Waals surface area contributed by atoms with E-state index in [9.17, 15) is 9.18 Å². The lowest BCUT2D eigenvalue weighted by molar-refractivity contribution is -0.117. The Hall–Kier alpha value is -2.83. The topological polar surface area (TPSA) is 72.7 Å². The summed E-state index contributed by atoms with van der Waals surface area (Å²) in [5.74, 6) is 0.174. The van der Waals surface area contributed by atoms with E-state index in [1.165, 1.54) is 12.1 Å². The smallest absolute Gasteiger partial charge is 0.227 e. The fraction of sp³-hybridized carbons (Fsp3) is 0.368. The summed E-state index contributed by atoms with van der Waals surface area (Å²) in [5.41, 5.74) is 1.85. The molecule has 7 heteroatoms. The van der Waals surface area contributed by atoms with Crippen LogP contribution in [-0.4, -0.2) is 25.4 Å². The third-order valence-electron chi connectivity index (χ3n) is 3.53. The Balaban J connectivity index is 0.00000243. The normalized spacial score (nSPS) is 11.3. The first-order chi connectivity index (χ1) is 11.7. The van der Waals surface area contributed by atoms with Gasteiger partial charge in [-0.15, -0.1) is 0 Å². The van der Waals surface area contributed by atoms with Gasteiger partial charge >= 0.3 is 0 Å². The van der Waals surface area contributed by atoms with E-state index >= 15 is 0 Å². The zero-order valence-electron chi connectivity index (χ0n) is 14.7. The Labute approximate surface area is 152 Å². The van der Waals surface area contributed by atoms with Crippen LogP contribution in [0.25, 0.3) is 17.0 Å². The van der Waals surface area contributed by atoms with E-state index < -0.39 is 5.82 Å². The molecule has 0 atom stereocenters. The second-order valence-electron chi connectivity index (χ2n) is 7.19. The molecule has 0 saturated carbocycles. The van der Waals surface area contributed by atoms with Gasteiger partial charge in [0, 0.05) is 12.1 Å². The van der Waals surface area contributed by atoms with Crippen LogP contribution in [0, 0.1) is 18.2 Å². The van der Waals surface area contributed by atoms with Gasteiger partial charge in [0.05, 0.1) is 6.20 Å². The number of amides is 1. The third kappa shape index (κ3) is 4.22. The molecule has 3 heterocycles. The van der Waals surface area contributed by atoms with Crippen molar-refractivity contribution in [2.45, 2.75) is 41.5 Å². The molecule has 0 bridgehead atoms. The van der Waals surface area contributed by atoms with Gasteiger partial charge < -0.3 is 0 Å². The van der Waals surface area contributed by atoms with Crippen molar-refractivity contribution in [1.29, 1.82) is 0 Å². The van der Waals surface area contributed by atoms with Gasteiger partial charge in [0.15, 0.2) is 5.65 Å². The zero-order valence-corrected chi connectivity index (χ0v) is 14.7. The van der Waals surface area contributed by atoms with Gasteiger partial charge in [0.25, 0.3) is 0 Å². The molecule has 3 rings (SSSR count). The molecule has 1 amide bonds. The van der Waals surface area contributed by atoms with E-state index in [4.69, 9.17) is 0 Å². The van der Waals surface area contributed by atoms with E-state index in [2.05, 4.69) is 20.3 Å². The molecule has 0 fully saturated rings. The van der Waals surface area contributed by atoms with Gasteiger partial charge in [0.2, 0.25) is 11.9 Å². The fourth-order valence-electron chi connectivity index (χ4n) is 2.50. The number of nitrogens with zero attached hydrogens (tertiary/aromatic N) is 4. The first kappa shape index (κ1) is 19.5. The van der Waals surface area contributed by atoms with Crippen LogP contribution in [-0.2, 0) is 4.79 Å². The van der Waals surface area contributed by atoms with Crippen molar-refractivity contribution in [3.63, 3.8) is 0 Å². The number of anilines is 1. The SMILES string of the molecule is C.Cc1ccc2nc(NC(=O)CC(C)(C)C)n(-c3ccc(F)cn3)c2n1. The van der Waals surface area contributed by atoms with Crippen LogP contribution >= 0.6 is 0 Å². The number of imidazole rings is 1. The summed E-state index contributed by atoms with van der Waals surface area (Å²) in [7, 11) is 0. The molecule has 1 N–H and O–H groups in total. The highest BCUT2D eigenvalue weighted by molar-refractivity contribution is 5.92. The summed E-state index contributed by atoms with van der Waals surface area (Å²) in [4.78, 5) is 25.4. The summed E-state index contributed by atoms with van der Waals surface area (Å²) in [6.07, 6.45) is 1.47. The van der Waals surface area contributed by atoms with Crippen molar-refractivity contribution < 1.29 is 9.18 Å². The largest absolute Gasteiger partial charge is 0.296 e. The molecule has 0 radical (unpaired) electrons. The lowest BCUT2D eigenvalue weighted by Crippen LogP contribution is -2.21. The van der Waals surface area contributed by atoms with E-state index in [0.29, 0.717) is 29.4 Å². The molecule has 0 aliphatic heterocycles. The molecule has 3 aromatic rings. The van der Waals surface area contributed by atoms with Crippen molar-refractivity contribution in [3.05, 3.63) is 42.0 Å². The van der Waals surface area contributed by atoms with Crippen LogP contribution in [0.5, 0.6) is 0 Å². The summed E-state index contributed by atoms with van der Waals surface area (Å²) in [5, 5.41) is 2.83. The zero-order chi connectivity index (χ0) is 18.2. The lowest BCUT2D eigenvalue weighted by Gasteiger charge is -2.17. The van der Waals surface area contributed by atoms with Crippen LogP contribution < -0.4 is 5.32 Å². The highest BCUT2D eigenvalue weighted by Gasteiger charge is 2.20. The van der Waals surface area contributed by atoms with Crippen LogP contribution in [0.3, 0.4) is 0 Å². The number of fused-ring (bicyclic) bond motifs is 1. The molecular formula is C19H24FN5O. The Morgan fingerprint density at radius 2 is 1.92 bits per heavy atom. The van der Waals surface area contributed by atoms with Crippen molar-refractivity contribution in [3.8, 4) is 5.82 Å². The first-order valence-corrected chi connectivity index (χ1v) is 8.01.